The molecule has 0 fully saturated rings. The first-order chi connectivity index (χ1) is 11.4. The van der Waals surface area contributed by atoms with E-state index in [0.29, 0.717) is 0 Å². The molecular formula is C14H36N2O6Si2. The lowest BCUT2D eigenvalue weighted by atomic mass is 10.0. The summed E-state index contributed by atoms with van der Waals surface area (Å²) in [6.07, 6.45) is 3.30. The predicted octanol–water partition coefficient (Wildman–Crippen LogP) is 0.958. The first-order valence-electron chi connectivity index (χ1n) is 8.20. The van der Waals surface area contributed by atoms with Crippen LogP contribution in [0.2, 0.25) is 12.1 Å². The van der Waals surface area contributed by atoms with Gasteiger partial charge in [0.2, 0.25) is 0 Å². The molecule has 2 atom stereocenters. The molecule has 0 saturated carbocycles. The molecule has 10 heteroatoms. The van der Waals surface area contributed by atoms with Gasteiger partial charge in [0.15, 0.2) is 0 Å². The van der Waals surface area contributed by atoms with Crippen LogP contribution in [0, 0.1) is 0 Å². The SMILES string of the molecule is CO[Si](CCCC(N)C(N)CCC[Si](OC)(OC)OC)(OC)OC. The summed E-state index contributed by atoms with van der Waals surface area (Å²) in [5.74, 6) is 0. The van der Waals surface area contributed by atoms with E-state index in [-0.39, 0.29) is 12.1 Å². The standard InChI is InChI=1S/C14H36N2O6Si2/c1-17-23(18-2,19-3)11-7-9-13(15)14(16)10-8-12-24(20-4,21-5)22-6/h13-14H,7-12,15-16H2,1-6H3. The lowest BCUT2D eigenvalue weighted by molar-refractivity contribution is 0.121. The Balaban J connectivity index is 4.18. The zero-order chi connectivity index (χ0) is 18.6. The van der Waals surface area contributed by atoms with Crippen molar-refractivity contribution in [3.63, 3.8) is 0 Å². The van der Waals surface area contributed by atoms with E-state index in [9.17, 15) is 0 Å². The summed E-state index contributed by atoms with van der Waals surface area (Å²) in [4.78, 5) is 0. The van der Waals surface area contributed by atoms with Gasteiger partial charge in [-0.05, 0) is 25.7 Å². The van der Waals surface area contributed by atoms with Crippen molar-refractivity contribution in [3.8, 4) is 0 Å². The molecule has 8 nitrogen and oxygen atoms in total. The van der Waals surface area contributed by atoms with Gasteiger partial charge in [0.25, 0.3) is 0 Å². The summed E-state index contributed by atoms with van der Waals surface area (Å²) >= 11 is 0. The normalized spacial score (nSPS) is 15.5. The quantitative estimate of drug-likeness (QED) is 0.402. The molecule has 0 radical (unpaired) electrons. The number of hydrogen-bond donors (Lipinski definition) is 2. The lowest BCUT2D eigenvalue weighted by Crippen LogP contribution is -2.45. The van der Waals surface area contributed by atoms with Crippen LogP contribution in [0.25, 0.3) is 0 Å². The third-order valence-corrected chi connectivity index (χ3v) is 10.1. The summed E-state index contributed by atoms with van der Waals surface area (Å²) in [6, 6.07) is 1.30. The fourth-order valence-corrected chi connectivity index (χ4v) is 6.15. The van der Waals surface area contributed by atoms with E-state index >= 15 is 0 Å². The Labute approximate surface area is 148 Å². The molecule has 0 saturated heterocycles. The zero-order valence-corrected chi connectivity index (χ0v) is 18.0. The molecule has 0 amide bonds. The van der Waals surface area contributed by atoms with Gasteiger partial charge < -0.3 is 38.0 Å². The number of nitrogens with two attached hydrogens (primary N) is 2. The molecule has 0 aromatic rings. The van der Waals surface area contributed by atoms with E-state index < -0.39 is 17.6 Å². The second kappa shape index (κ2) is 12.5. The Morgan fingerprint density at radius 3 is 1.04 bits per heavy atom. The molecule has 2 unspecified atom stereocenters. The summed E-state index contributed by atoms with van der Waals surface area (Å²) in [7, 11) is 4.63. The topological polar surface area (TPSA) is 107 Å². The summed E-state index contributed by atoms with van der Waals surface area (Å²) in [5.41, 5.74) is 12.4. The van der Waals surface area contributed by atoms with Crippen molar-refractivity contribution in [1.29, 1.82) is 0 Å². The van der Waals surface area contributed by atoms with Gasteiger partial charge in [-0.2, -0.15) is 0 Å². The minimum absolute atomic E-state index is 0.0778. The minimum atomic E-state index is -2.52. The van der Waals surface area contributed by atoms with Crippen LogP contribution < -0.4 is 11.5 Å². The average molecular weight is 385 g/mol. The zero-order valence-electron chi connectivity index (χ0n) is 16.0. The second-order valence-electron chi connectivity index (χ2n) is 5.70. The summed E-state index contributed by atoms with van der Waals surface area (Å²) in [5, 5.41) is 0. The van der Waals surface area contributed by atoms with E-state index in [1.54, 1.807) is 42.7 Å². The van der Waals surface area contributed by atoms with Gasteiger partial charge in [-0.1, -0.05) is 0 Å². The monoisotopic (exact) mass is 384 g/mol. The number of hydrogen-bond acceptors (Lipinski definition) is 8. The molecule has 0 spiro atoms. The minimum Gasteiger partial charge on any atom is -0.377 e. The molecule has 0 aromatic carbocycles. The molecule has 0 rings (SSSR count). The Morgan fingerprint density at radius 1 is 0.583 bits per heavy atom. The Hall–Kier alpha value is 0.114. The maximum atomic E-state index is 6.20. The lowest BCUT2D eigenvalue weighted by Gasteiger charge is -2.27. The fourth-order valence-electron chi connectivity index (χ4n) is 2.65. The van der Waals surface area contributed by atoms with Gasteiger partial charge in [0.1, 0.15) is 0 Å². The van der Waals surface area contributed by atoms with E-state index in [1.165, 1.54) is 0 Å². The van der Waals surface area contributed by atoms with Gasteiger partial charge >= 0.3 is 17.6 Å². The van der Waals surface area contributed by atoms with E-state index in [0.717, 1.165) is 37.8 Å². The van der Waals surface area contributed by atoms with E-state index in [2.05, 4.69) is 0 Å². The van der Waals surface area contributed by atoms with Gasteiger partial charge in [-0.3, -0.25) is 0 Å². The van der Waals surface area contributed by atoms with Crippen LogP contribution in [-0.2, 0) is 26.6 Å². The molecule has 0 aromatic heterocycles. The summed E-state index contributed by atoms with van der Waals surface area (Å²) < 4.78 is 32.4. The van der Waals surface area contributed by atoms with Gasteiger partial charge in [-0.15, -0.1) is 0 Å². The van der Waals surface area contributed by atoms with Crippen molar-refractivity contribution in [2.24, 2.45) is 11.5 Å². The molecule has 146 valence electrons. The molecule has 0 aliphatic heterocycles. The largest absolute Gasteiger partial charge is 0.500 e. The number of rotatable bonds is 15. The van der Waals surface area contributed by atoms with Crippen LogP contribution in [0.15, 0.2) is 0 Å². The van der Waals surface area contributed by atoms with Crippen molar-refractivity contribution in [2.75, 3.05) is 42.7 Å². The predicted molar refractivity (Wildman–Crippen MR) is 97.6 cm³/mol. The van der Waals surface area contributed by atoms with Gasteiger partial charge in [0.05, 0.1) is 0 Å². The van der Waals surface area contributed by atoms with Crippen LogP contribution in [0.5, 0.6) is 0 Å². The molecule has 0 aliphatic carbocycles. The highest BCUT2D eigenvalue weighted by Gasteiger charge is 2.38. The van der Waals surface area contributed by atoms with Crippen molar-refractivity contribution in [2.45, 2.75) is 49.9 Å². The smallest absolute Gasteiger partial charge is 0.377 e. The Bertz CT molecular complexity index is 273. The van der Waals surface area contributed by atoms with Gasteiger partial charge in [0, 0.05) is 66.8 Å². The van der Waals surface area contributed by atoms with E-state index in [4.69, 9.17) is 38.0 Å². The maximum absolute atomic E-state index is 6.20. The van der Waals surface area contributed by atoms with Gasteiger partial charge in [-0.25, -0.2) is 0 Å². The van der Waals surface area contributed by atoms with Crippen molar-refractivity contribution in [1.82, 2.24) is 0 Å². The van der Waals surface area contributed by atoms with Crippen LogP contribution >= 0.6 is 0 Å². The van der Waals surface area contributed by atoms with Crippen LogP contribution in [-0.4, -0.2) is 72.4 Å². The average Bonchev–Trinajstić information content (AvgIpc) is 2.63. The highest BCUT2D eigenvalue weighted by Crippen LogP contribution is 2.20. The van der Waals surface area contributed by atoms with Crippen molar-refractivity contribution in [3.05, 3.63) is 0 Å². The first-order valence-corrected chi connectivity index (χ1v) is 12.1. The van der Waals surface area contributed by atoms with Crippen molar-refractivity contribution < 1.29 is 26.6 Å². The Morgan fingerprint density at radius 2 is 0.833 bits per heavy atom. The molecule has 0 bridgehead atoms. The first kappa shape index (κ1) is 24.1. The van der Waals surface area contributed by atoms with Crippen LogP contribution in [0.3, 0.4) is 0 Å². The molecule has 24 heavy (non-hydrogen) atoms. The molecule has 0 heterocycles. The fraction of sp³-hybridized carbons (Fsp3) is 1.00. The maximum Gasteiger partial charge on any atom is 0.500 e. The molecule has 0 aliphatic rings. The van der Waals surface area contributed by atoms with Crippen LogP contribution in [0.1, 0.15) is 25.7 Å². The highest BCUT2D eigenvalue weighted by atomic mass is 28.4. The third kappa shape index (κ3) is 7.56. The van der Waals surface area contributed by atoms with Crippen molar-refractivity contribution >= 4 is 17.6 Å². The van der Waals surface area contributed by atoms with E-state index in [1.807, 2.05) is 0 Å². The second-order valence-corrected chi connectivity index (χ2v) is 11.9. The summed E-state index contributed by atoms with van der Waals surface area (Å²) in [6.45, 7) is 0. The van der Waals surface area contributed by atoms with Crippen LogP contribution in [0.4, 0.5) is 0 Å². The Kier molecular flexibility index (Phi) is 12.5. The molecule has 4 N–H and O–H groups in total. The highest BCUT2D eigenvalue weighted by molar-refractivity contribution is 6.60. The molecular weight excluding hydrogens is 348 g/mol. The third-order valence-electron chi connectivity index (χ3n) is 4.46.